The summed E-state index contributed by atoms with van der Waals surface area (Å²) in [6.45, 7) is 0.774. The largest absolute Gasteiger partial charge is 0.343 e. The molecule has 34 heavy (non-hydrogen) atoms. The van der Waals surface area contributed by atoms with Crippen molar-refractivity contribution in [2.45, 2.75) is 24.0 Å². The number of aromatic nitrogens is 6. The fraction of sp³-hybridized carbons (Fsp3) is 0.208. The zero-order valence-corrected chi connectivity index (χ0v) is 19.9. The monoisotopic (exact) mass is 489 g/mol. The molecule has 0 spiro atoms. The lowest BCUT2D eigenvalue weighted by molar-refractivity contribution is 0.627. The molecule has 0 N–H and O–H groups in total. The molecule has 0 aliphatic carbocycles. The van der Waals surface area contributed by atoms with Gasteiger partial charge in [0.25, 0.3) is 5.56 Å². The van der Waals surface area contributed by atoms with Crippen LogP contribution in [-0.2, 0) is 0 Å². The highest BCUT2D eigenvalue weighted by atomic mass is 35.5. The van der Waals surface area contributed by atoms with Crippen LogP contribution in [0.2, 0.25) is 5.02 Å². The summed E-state index contributed by atoms with van der Waals surface area (Å²) in [4.78, 5) is 30.3. The first kappa shape index (κ1) is 21.1. The van der Waals surface area contributed by atoms with Gasteiger partial charge in [-0.05, 0) is 43.4 Å². The van der Waals surface area contributed by atoms with Crippen molar-refractivity contribution in [3.05, 3.63) is 82.1 Å². The number of rotatable bonds is 4. The highest BCUT2D eigenvalue weighted by Gasteiger charge is 2.34. The summed E-state index contributed by atoms with van der Waals surface area (Å²) < 4.78 is 3.44. The fourth-order valence-corrected chi connectivity index (χ4v) is 5.22. The van der Waals surface area contributed by atoms with Crippen molar-refractivity contribution in [3.63, 3.8) is 0 Å². The Hall–Kier alpha value is -3.43. The van der Waals surface area contributed by atoms with Gasteiger partial charge in [-0.15, -0.1) is 5.10 Å². The molecule has 1 fully saturated rings. The van der Waals surface area contributed by atoms with Gasteiger partial charge in [0.05, 0.1) is 27.7 Å². The number of imidazole rings is 1. The van der Waals surface area contributed by atoms with Crippen LogP contribution in [-0.4, -0.2) is 41.9 Å². The molecule has 0 saturated carbocycles. The van der Waals surface area contributed by atoms with Gasteiger partial charge in [0.2, 0.25) is 5.16 Å². The number of hydrogen-bond acceptors (Lipinski definition) is 7. The van der Waals surface area contributed by atoms with E-state index in [0.717, 1.165) is 30.9 Å². The molecule has 1 saturated heterocycles. The summed E-state index contributed by atoms with van der Waals surface area (Å²) in [5.41, 5.74) is 1.84. The molecule has 0 unspecified atom stereocenters. The van der Waals surface area contributed by atoms with Crippen molar-refractivity contribution >= 4 is 45.7 Å². The summed E-state index contributed by atoms with van der Waals surface area (Å²) in [6, 6.07) is 14.8. The lowest BCUT2D eigenvalue weighted by atomic mass is 10.1. The normalized spacial score (nSPS) is 16.1. The number of nitrogens with zero attached hydrogens (tertiary/aromatic N) is 7. The van der Waals surface area contributed by atoms with Crippen LogP contribution >= 0.6 is 23.4 Å². The predicted octanol–water partition coefficient (Wildman–Crippen LogP) is 4.54. The Bertz CT molecular complexity index is 1580. The molecule has 0 radical (unpaired) electrons. The van der Waals surface area contributed by atoms with Crippen LogP contribution in [0.4, 0.5) is 5.82 Å². The topological polar surface area (TPSA) is 81.2 Å². The van der Waals surface area contributed by atoms with Crippen LogP contribution in [0.15, 0.2) is 70.9 Å². The Kier molecular flexibility index (Phi) is 5.23. The third kappa shape index (κ3) is 3.35. The first-order valence-corrected chi connectivity index (χ1v) is 12.5. The lowest BCUT2D eigenvalue weighted by Crippen LogP contribution is -2.32. The SMILES string of the molecule is CSc1nc(N2CCC[C@H]2c2nc3cccc(Cl)c3c(=O)n2-c2ccccc2)c2nccn2n1. The van der Waals surface area contributed by atoms with Gasteiger partial charge in [0.1, 0.15) is 5.82 Å². The maximum atomic E-state index is 13.8. The van der Waals surface area contributed by atoms with Crippen molar-refractivity contribution < 1.29 is 0 Å². The van der Waals surface area contributed by atoms with E-state index in [1.165, 1.54) is 11.8 Å². The van der Waals surface area contributed by atoms with E-state index in [1.54, 1.807) is 21.3 Å². The van der Waals surface area contributed by atoms with Crippen molar-refractivity contribution in [1.29, 1.82) is 0 Å². The van der Waals surface area contributed by atoms with E-state index in [0.29, 0.717) is 32.6 Å². The maximum absolute atomic E-state index is 13.8. The molecule has 8 nitrogen and oxygen atoms in total. The standard InChI is InChI=1S/C24H20ClN7OS/c1-34-24-28-22(21-26-12-14-31(21)29-24)30-13-6-11-18(30)20-27-17-10-5-9-16(25)19(17)23(33)32(20)15-7-3-2-4-8-15/h2-5,7-10,12,14,18H,6,11,13H2,1H3/t18-/m0/s1. The van der Waals surface area contributed by atoms with Crippen LogP contribution in [0, 0.1) is 0 Å². The quantitative estimate of drug-likeness (QED) is 0.343. The van der Waals surface area contributed by atoms with E-state index in [4.69, 9.17) is 21.6 Å². The second-order valence-corrected chi connectivity index (χ2v) is 9.23. The van der Waals surface area contributed by atoms with Crippen molar-refractivity contribution in [2.24, 2.45) is 0 Å². The number of fused-ring (bicyclic) bond motifs is 2. The number of hydrogen-bond donors (Lipinski definition) is 0. The Morgan fingerprint density at radius 1 is 1.09 bits per heavy atom. The second kappa shape index (κ2) is 8.41. The van der Waals surface area contributed by atoms with Crippen molar-refractivity contribution in [1.82, 2.24) is 29.1 Å². The number of benzene rings is 2. The minimum absolute atomic E-state index is 0.165. The van der Waals surface area contributed by atoms with E-state index in [2.05, 4.69) is 15.0 Å². The zero-order valence-electron chi connectivity index (χ0n) is 18.3. The van der Waals surface area contributed by atoms with Gasteiger partial charge < -0.3 is 4.90 Å². The molecule has 3 aromatic heterocycles. The van der Waals surface area contributed by atoms with Gasteiger partial charge in [-0.3, -0.25) is 9.36 Å². The third-order valence-electron chi connectivity index (χ3n) is 6.11. The Balaban J connectivity index is 1.61. The minimum atomic E-state index is -0.179. The van der Waals surface area contributed by atoms with E-state index in [1.807, 2.05) is 54.9 Å². The second-order valence-electron chi connectivity index (χ2n) is 8.05. The summed E-state index contributed by atoms with van der Waals surface area (Å²) in [5.74, 6) is 1.41. The molecular formula is C24H20ClN7OS. The highest BCUT2D eigenvalue weighted by molar-refractivity contribution is 7.98. The van der Waals surface area contributed by atoms with Crippen molar-refractivity contribution in [3.8, 4) is 5.69 Å². The number of para-hydroxylation sites is 1. The van der Waals surface area contributed by atoms with Crippen LogP contribution in [0.25, 0.3) is 22.2 Å². The average molecular weight is 490 g/mol. The molecule has 10 heteroatoms. The first-order chi connectivity index (χ1) is 16.7. The van der Waals surface area contributed by atoms with Gasteiger partial charge in [-0.1, -0.05) is 47.6 Å². The maximum Gasteiger partial charge on any atom is 0.267 e. The van der Waals surface area contributed by atoms with Gasteiger partial charge >= 0.3 is 0 Å². The Morgan fingerprint density at radius 3 is 2.76 bits per heavy atom. The molecule has 6 rings (SSSR count). The average Bonchev–Trinajstić information content (AvgIpc) is 3.53. The van der Waals surface area contributed by atoms with E-state index in [9.17, 15) is 4.79 Å². The Labute approximate surface area is 204 Å². The molecule has 170 valence electrons. The summed E-state index contributed by atoms with van der Waals surface area (Å²) >= 11 is 7.93. The van der Waals surface area contributed by atoms with Crippen LogP contribution in [0.3, 0.4) is 0 Å². The summed E-state index contributed by atoms with van der Waals surface area (Å²) in [6.07, 6.45) is 7.26. The summed E-state index contributed by atoms with van der Waals surface area (Å²) in [7, 11) is 0. The van der Waals surface area contributed by atoms with E-state index < -0.39 is 0 Å². The minimum Gasteiger partial charge on any atom is -0.343 e. The molecule has 5 aromatic rings. The summed E-state index contributed by atoms with van der Waals surface area (Å²) in [5, 5.41) is 5.98. The van der Waals surface area contributed by atoms with Gasteiger partial charge in [-0.2, -0.15) is 4.98 Å². The molecule has 0 bridgehead atoms. The molecule has 1 aliphatic heterocycles. The lowest BCUT2D eigenvalue weighted by Gasteiger charge is -2.28. The smallest absolute Gasteiger partial charge is 0.267 e. The number of anilines is 1. The molecule has 4 heterocycles. The van der Waals surface area contributed by atoms with Crippen LogP contribution in [0.1, 0.15) is 24.7 Å². The Morgan fingerprint density at radius 2 is 1.94 bits per heavy atom. The molecule has 0 amide bonds. The molecular weight excluding hydrogens is 470 g/mol. The van der Waals surface area contributed by atoms with Crippen LogP contribution < -0.4 is 10.5 Å². The zero-order chi connectivity index (χ0) is 23.2. The van der Waals surface area contributed by atoms with E-state index in [-0.39, 0.29) is 11.6 Å². The number of thioether (sulfide) groups is 1. The first-order valence-electron chi connectivity index (χ1n) is 10.9. The fourth-order valence-electron chi connectivity index (χ4n) is 4.62. The number of halogens is 1. The third-order valence-corrected chi connectivity index (χ3v) is 6.96. The molecule has 1 aliphatic rings. The van der Waals surface area contributed by atoms with Gasteiger partial charge in [0.15, 0.2) is 11.5 Å². The highest BCUT2D eigenvalue weighted by Crippen LogP contribution is 2.37. The molecule has 2 aromatic carbocycles. The van der Waals surface area contributed by atoms with Crippen molar-refractivity contribution in [2.75, 3.05) is 17.7 Å². The van der Waals surface area contributed by atoms with Gasteiger partial charge in [-0.25, -0.2) is 14.5 Å². The van der Waals surface area contributed by atoms with Crippen LogP contribution in [0.5, 0.6) is 0 Å². The molecule has 1 atom stereocenters. The predicted molar refractivity (Wildman–Crippen MR) is 134 cm³/mol. The van der Waals surface area contributed by atoms with Gasteiger partial charge in [0, 0.05) is 18.9 Å². The van der Waals surface area contributed by atoms with E-state index >= 15 is 0 Å².